The number of nitrogens with zero attached hydrogens (tertiary/aromatic N) is 3. The fraction of sp³-hybridized carbons (Fsp3) is 0.333. The molecule has 2 aromatic carbocycles. The maximum Gasteiger partial charge on any atom is 0.228 e. The fourth-order valence-electron chi connectivity index (χ4n) is 4.07. The molecule has 6 nitrogen and oxygen atoms in total. The molecule has 1 aromatic heterocycles. The van der Waals surface area contributed by atoms with E-state index in [4.69, 9.17) is 4.74 Å². The van der Waals surface area contributed by atoms with Gasteiger partial charge in [-0.3, -0.25) is 14.4 Å². The molecule has 2 heterocycles. The molecule has 4 rings (SSSR count). The normalized spacial score (nSPS) is 16.9. The highest BCUT2D eigenvalue weighted by Gasteiger charge is 2.26. The van der Waals surface area contributed by atoms with Crippen molar-refractivity contribution < 1.29 is 9.53 Å². The van der Waals surface area contributed by atoms with Crippen molar-refractivity contribution in [2.45, 2.75) is 19.4 Å². The minimum atomic E-state index is -0.0145. The first-order valence-corrected chi connectivity index (χ1v) is 10.4. The van der Waals surface area contributed by atoms with Crippen LogP contribution in [-0.4, -0.2) is 40.8 Å². The number of hydrogen-bond acceptors (Lipinski definition) is 4. The zero-order valence-electron chi connectivity index (χ0n) is 17.5. The standard InChI is InChI=1S/C24H28N4O2/c1-27-15-18(14-25-27)16-28-13-5-6-20(17-28)24(29)26-23-8-4-3-7-22(23)19-9-11-21(30-2)12-10-19/h3-4,7-12,14-15,20H,5-6,13,16-17H2,1-2H3,(H,26,29)/t20-/m0/s1. The van der Waals surface area contributed by atoms with Crippen molar-refractivity contribution in [2.24, 2.45) is 13.0 Å². The van der Waals surface area contributed by atoms with Gasteiger partial charge < -0.3 is 10.1 Å². The highest BCUT2D eigenvalue weighted by molar-refractivity contribution is 5.97. The van der Waals surface area contributed by atoms with Gasteiger partial charge in [0.1, 0.15) is 5.75 Å². The Balaban J connectivity index is 1.44. The lowest BCUT2D eigenvalue weighted by atomic mass is 9.96. The highest BCUT2D eigenvalue weighted by atomic mass is 16.5. The molecule has 3 aromatic rings. The maximum atomic E-state index is 13.1. The summed E-state index contributed by atoms with van der Waals surface area (Å²) in [7, 11) is 3.58. The van der Waals surface area contributed by atoms with Gasteiger partial charge in [-0.25, -0.2) is 0 Å². The summed E-state index contributed by atoms with van der Waals surface area (Å²) in [5.74, 6) is 0.891. The molecule has 1 fully saturated rings. The van der Waals surface area contributed by atoms with Crippen molar-refractivity contribution in [3.63, 3.8) is 0 Å². The van der Waals surface area contributed by atoms with Crippen LogP contribution in [0, 0.1) is 5.92 Å². The lowest BCUT2D eigenvalue weighted by molar-refractivity contribution is -0.121. The minimum Gasteiger partial charge on any atom is -0.497 e. The van der Waals surface area contributed by atoms with Crippen LogP contribution in [0.4, 0.5) is 5.69 Å². The summed E-state index contributed by atoms with van der Waals surface area (Å²) in [6.07, 6.45) is 5.88. The van der Waals surface area contributed by atoms with Crippen LogP contribution < -0.4 is 10.1 Å². The van der Waals surface area contributed by atoms with Crippen molar-refractivity contribution in [3.05, 3.63) is 66.5 Å². The number of likely N-dealkylation sites (tertiary alicyclic amines) is 1. The van der Waals surface area contributed by atoms with Crippen LogP contribution in [-0.2, 0) is 18.4 Å². The van der Waals surface area contributed by atoms with Crippen molar-refractivity contribution in [1.29, 1.82) is 0 Å². The number of methoxy groups -OCH3 is 1. The van der Waals surface area contributed by atoms with Gasteiger partial charge in [-0.2, -0.15) is 5.10 Å². The van der Waals surface area contributed by atoms with Gasteiger partial charge in [-0.05, 0) is 43.1 Å². The first-order valence-electron chi connectivity index (χ1n) is 10.4. The zero-order valence-corrected chi connectivity index (χ0v) is 17.5. The van der Waals surface area contributed by atoms with E-state index in [9.17, 15) is 4.79 Å². The SMILES string of the molecule is COc1ccc(-c2ccccc2NC(=O)[C@H]2CCCN(Cc3cnn(C)c3)C2)cc1. The summed E-state index contributed by atoms with van der Waals surface area (Å²) < 4.78 is 7.07. The molecule has 1 aliphatic rings. The van der Waals surface area contributed by atoms with E-state index >= 15 is 0 Å². The van der Waals surface area contributed by atoms with Gasteiger partial charge in [0.25, 0.3) is 0 Å². The number of anilines is 1. The van der Waals surface area contributed by atoms with E-state index in [2.05, 4.69) is 15.3 Å². The second kappa shape index (κ2) is 9.13. The second-order valence-electron chi connectivity index (χ2n) is 7.86. The van der Waals surface area contributed by atoms with Crippen LogP contribution in [0.1, 0.15) is 18.4 Å². The number of hydrogen-bond donors (Lipinski definition) is 1. The minimum absolute atomic E-state index is 0.0145. The molecule has 0 bridgehead atoms. The monoisotopic (exact) mass is 404 g/mol. The molecular formula is C24H28N4O2. The fourth-order valence-corrected chi connectivity index (χ4v) is 4.07. The third-order valence-corrected chi connectivity index (χ3v) is 5.63. The van der Waals surface area contributed by atoms with Crippen LogP contribution in [0.2, 0.25) is 0 Å². The van der Waals surface area contributed by atoms with Crippen molar-refractivity contribution in [3.8, 4) is 16.9 Å². The Morgan fingerprint density at radius 2 is 2.00 bits per heavy atom. The maximum absolute atomic E-state index is 13.1. The number of ether oxygens (including phenoxy) is 1. The molecule has 0 saturated carbocycles. The molecule has 0 spiro atoms. The summed E-state index contributed by atoms with van der Waals surface area (Å²) in [5.41, 5.74) is 4.09. The summed E-state index contributed by atoms with van der Waals surface area (Å²) in [4.78, 5) is 15.4. The van der Waals surface area contributed by atoms with E-state index in [1.165, 1.54) is 5.56 Å². The number of piperidine rings is 1. The van der Waals surface area contributed by atoms with Gasteiger partial charge in [0.2, 0.25) is 5.91 Å². The molecule has 6 heteroatoms. The van der Waals surface area contributed by atoms with E-state index in [1.807, 2.05) is 72.7 Å². The Morgan fingerprint density at radius 1 is 1.20 bits per heavy atom. The number of carbonyl (C=O) groups is 1. The Bertz CT molecular complexity index is 996. The molecule has 1 aliphatic heterocycles. The van der Waals surface area contributed by atoms with Gasteiger partial charge in [0, 0.05) is 43.1 Å². The molecular weight excluding hydrogens is 376 g/mol. The summed E-state index contributed by atoms with van der Waals surface area (Å²) in [6.45, 7) is 2.62. The van der Waals surface area contributed by atoms with E-state index in [-0.39, 0.29) is 11.8 Å². The zero-order chi connectivity index (χ0) is 20.9. The number of nitrogens with one attached hydrogen (secondary N) is 1. The third kappa shape index (κ3) is 4.71. The number of carbonyl (C=O) groups excluding carboxylic acids is 1. The highest BCUT2D eigenvalue weighted by Crippen LogP contribution is 2.30. The number of amides is 1. The van der Waals surface area contributed by atoms with E-state index < -0.39 is 0 Å². The summed E-state index contributed by atoms with van der Waals surface area (Å²) >= 11 is 0. The third-order valence-electron chi connectivity index (χ3n) is 5.63. The van der Waals surface area contributed by atoms with Crippen molar-refractivity contribution in [2.75, 3.05) is 25.5 Å². The molecule has 0 unspecified atom stereocenters. The molecule has 0 aliphatic carbocycles. The van der Waals surface area contributed by atoms with Crippen LogP contribution >= 0.6 is 0 Å². The lowest BCUT2D eigenvalue weighted by Crippen LogP contribution is -2.40. The van der Waals surface area contributed by atoms with E-state index in [0.717, 1.165) is 55.0 Å². The van der Waals surface area contributed by atoms with Crippen LogP contribution in [0.5, 0.6) is 5.75 Å². The van der Waals surface area contributed by atoms with Crippen LogP contribution in [0.15, 0.2) is 60.9 Å². The second-order valence-corrected chi connectivity index (χ2v) is 7.86. The van der Waals surface area contributed by atoms with Crippen LogP contribution in [0.25, 0.3) is 11.1 Å². The number of aromatic nitrogens is 2. The van der Waals surface area contributed by atoms with Crippen molar-refractivity contribution >= 4 is 11.6 Å². The predicted octanol–water partition coefficient (Wildman–Crippen LogP) is 3.95. The quantitative estimate of drug-likeness (QED) is 0.676. The smallest absolute Gasteiger partial charge is 0.228 e. The topological polar surface area (TPSA) is 59.4 Å². The number of benzene rings is 2. The van der Waals surface area contributed by atoms with Gasteiger partial charge in [0.15, 0.2) is 0 Å². The average Bonchev–Trinajstić information content (AvgIpc) is 3.19. The molecule has 1 amide bonds. The summed E-state index contributed by atoms with van der Waals surface area (Å²) in [6, 6.07) is 15.8. The Labute approximate surface area is 177 Å². The molecule has 30 heavy (non-hydrogen) atoms. The number of rotatable bonds is 6. The van der Waals surface area contributed by atoms with Gasteiger partial charge >= 0.3 is 0 Å². The average molecular weight is 405 g/mol. The lowest BCUT2D eigenvalue weighted by Gasteiger charge is -2.31. The van der Waals surface area contributed by atoms with E-state index in [1.54, 1.807) is 7.11 Å². The molecule has 0 radical (unpaired) electrons. The van der Waals surface area contributed by atoms with Gasteiger partial charge in [0.05, 0.1) is 19.2 Å². The number of para-hydroxylation sites is 1. The van der Waals surface area contributed by atoms with Gasteiger partial charge in [-0.1, -0.05) is 30.3 Å². The Hall–Kier alpha value is -3.12. The van der Waals surface area contributed by atoms with Crippen molar-refractivity contribution in [1.82, 2.24) is 14.7 Å². The van der Waals surface area contributed by atoms with E-state index in [0.29, 0.717) is 0 Å². The molecule has 1 N–H and O–H groups in total. The molecule has 1 saturated heterocycles. The largest absolute Gasteiger partial charge is 0.497 e. The number of aryl methyl sites for hydroxylation is 1. The summed E-state index contributed by atoms with van der Waals surface area (Å²) in [5, 5.41) is 7.43. The van der Waals surface area contributed by atoms with Gasteiger partial charge in [-0.15, -0.1) is 0 Å². The first kappa shape index (κ1) is 20.2. The van der Waals surface area contributed by atoms with Crippen LogP contribution in [0.3, 0.4) is 0 Å². The molecule has 156 valence electrons. The Morgan fingerprint density at radius 3 is 2.73 bits per heavy atom. The predicted molar refractivity (Wildman–Crippen MR) is 118 cm³/mol. The molecule has 1 atom stereocenters. The Kier molecular flexibility index (Phi) is 6.14. The first-order chi connectivity index (χ1) is 14.6.